The molecule has 1 aromatic heterocycles. The molecular formula is C20H32N4O3. The second-order valence-electron chi connectivity index (χ2n) is 7.71. The zero-order valence-corrected chi connectivity index (χ0v) is 16.8. The number of aromatic amines is 1. The molecule has 0 saturated carbocycles. The van der Waals surface area contributed by atoms with E-state index >= 15 is 0 Å². The molecule has 3 heterocycles. The number of carbonyl (C=O) groups is 1. The molecule has 27 heavy (non-hydrogen) atoms. The first kappa shape index (κ1) is 20.0. The number of carbonyl (C=O) groups excluding carboxylic acids is 1. The Bertz CT molecular complexity index is 704. The number of ether oxygens (including phenoxy) is 1. The fraction of sp³-hybridized carbons (Fsp3) is 0.750. The van der Waals surface area contributed by atoms with Gasteiger partial charge in [-0.05, 0) is 32.6 Å². The van der Waals surface area contributed by atoms with Crippen LogP contribution in [0.2, 0.25) is 0 Å². The zero-order chi connectivity index (χ0) is 19.4. The van der Waals surface area contributed by atoms with Crippen LogP contribution in [0.5, 0.6) is 0 Å². The monoisotopic (exact) mass is 376 g/mol. The Morgan fingerprint density at radius 2 is 1.93 bits per heavy atom. The number of amides is 1. The first-order chi connectivity index (χ1) is 13.0. The van der Waals surface area contributed by atoms with Crippen molar-refractivity contribution < 1.29 is 9.53 Å². The molecule has 3 rings (SSSR count). The number of likely N-dealkylation sites (tertiary alicyclic amines) is 1. The molecular weight excluding hydrogens is 344 g/mol. The summed E-state index contributed by atoms with van der Waals surface area (Å²) < 4.78 is 5.45. The molecule has 1 N–H and O–H groups in total. The quantitative estimate of drug-likeness (QED) is 0.834. The average Bonchev–Trinajstić information content (AvgIpc) is 2.70. The fourth-order valence-electron chi connectivity index (χ4n) is 4.22. The highest BCUT2D eigenvalue weighted by Gasteiger charge is 2.30. The van der Waals surface area contributed by atoms with Crippen molar-refractivity contribution in [1.82, 2.24) is 19.8 Å². The van der Waals surface area contributed by atoms with E-state index in [0.29, 0.717) is 35.5 Å². The Balaban J connectivity index is 1.55. The number of piperidine rings is 1. The molecule has 2 aliphatic rings. The fourth-order valence-corrected chi connectivity index (χ4v) is 4.22. The smallest absolute Gasteiger partial charge is 0.254 e. The van der Waals surface area contributed by atoms with Crippen LogP contribution in [0.1, 0.15) is 43.8 Å². The topological polar surface area (TPSA) is 78.5 Å². The summed E-state index contributed by atoms with van der Waals surface area (Å²) in [7, 11) is 0. The van der Waals surface area contributed by atoms with Crippen molar-refractivity contribution >= 4 is 5.91 Å². The molecule has 1 aromatic rings. The van der Waals surface area contributed by atoms with Crippen LogP contribution in [0.25, 0.3) is 0 Å². The third-order valence-electron chi connectivity index (χ3n) is 6.13. The maximum atomic E-state index is 12.7. The highest BCUT2D eigenvalue weighted by atomic mass is 16.5. The third kappa shape index (κ3) is 4.76. The van der Waals surface area contributed by atoms with Gasteiger partial charge in [0.1, 0.15) is 5.82 Å². The summed E-state index contributed by atoms with van der Waals surface area (Å²) in [5, 5.41) is 0. The minimum Gasteiger partial charge on any atom is -0.379 e. The number of aromatic nitrogens is 2. The second-order valence-corrected chi connectivity index (χ2v) is 7.71. The van der Waals surface area contributed by atoms with Crippen molar-refractivity contribution in [1.29, 1.82) is 0 Å². The van der Waals surface area contributed by atoms with Gasteiger partial charge in [0.25, 0.3) is 5.56 Å². The molecule has 1 unspecified atom stereocenters. The Labute approximate surface area is 161 Å². The van der Waals surface area contributed by atoms with Crippen LogP contribution >= 0.6 is 0 Å². The minimum atomic E-state index is -0.177. The summed E-state index contributed by atoms with van der Waals surface area (Å²) in [4.78, 5) is 36.6. The van der Waals surface area contributed by atoms with E-state index in [1.165, 1.54) is 0 Å². The Morgan fingerprint density at radius 1 is 1.26 bits per heavy atom. The molecule has 0 radical (unpaired) electrons. The van der Waals surface area contributed by atoms with Gasteiger partial charge >= 0.3 is 0 Å². The third-order valence-corrected chi connectivity index (χ3v) is 6.13. The number of hydrogen-bond acceptors (Lipinski definition) is 5. The highest BCUT2D eigenvalue weighted by molar-refractivity contribution is 5.79. The van der Waals surface area contributed by atoms with Crippen molar-refractivity contribution in [2.24, 2.45) is 5.92 Å². The number of aryl methyl sites for hydroxylation is 2. The molecule has 0 bridgehead atoms. The van der Waals surface area contributed by atoms with Gasteiger partial charge in [0.2, 0.25) is 5.91 Å². The maximum Gasteiger partial charge on any atom is 0.254 e. The van der Waals surface area contributed by atoms with Crippen molar-refractivity contribution in [3.8, 4) is 0 Å². The van der Waals surface area contributed by atoms with Crippen molar-refractivity contribution in [3.05, 3.63) is 27.4 Å². The number of nitrogens with zero attached hydrogens (tertiary/aromatic N) is 3. The summed E-state index contributed by atoms with van der Waals surface area (Å²) in [6, 6.07) is 0.530. The van der Waals surface area contributed by atoms with Crippen LogP contribution in [0.15, 0.2) is 4.79 Å². The van der Waals surface area contributed by atoms with Gasteiger partial charge in [0.15, 0.2) is 0 Å². The molecule has 2 aliphatic heterocycles. The summed E-state index contributed by atoms with van der Waals surface area (Å²) >= 11 is 0. The molecule has 150 valence electrons. The Morgan fingerprint density at radius 3 is 2.52 bits per heavy atom. The summed E-state index contributed by atoms with van der Waals surface area (Å²) in [6.07, 6.45) is 2.86. The molecule has 0 spiro atoms. The highest BCUT2D eigenvalue weighted by Crippen LogP contribution is 2.25. The Kier molecular flexibility index (Phi) is 6.65. The number of rotatable bonds is 5. The van der Waals surface area contributed by atoms with Gasteiger partial charge < -0.3 is 14.6 Å². The standard InChI is InChI=1S/C20H32N4O3/c1-4-18-21-14(2)17(20(26)22-18)13-19(25)24-7-5-16(6-8-24)15(3)23-9-11-27-12-10-23/h15-16H,4-13H2,1-3H3,(H,21,22,26). The minimum absolute atomic E-state index is 0.0344. The van der Waals surface area contributed by atoms with Gasteiger partial charge in [0, 0.05) is 49.9 Å². The van der Waals surface area contributed by atoms with E-state index < -0.39 is 0 Å². The predicted octanol–water partition coefficient (Wildman–Crippen LogP) is 1.14. The number of morpholine rings is 1. The van der Waals surface area contributed by atoms with E-state index in [2.05, 4.69) is 21.8 Å². The van der Waals surface area contributed by atoms with E-state index in [1.54, 1.807) is 0 Å². The van der Waals surface area contributed by atoms with Crippen LogP contribution in [-0.4, -0.2) is 71.1 Å². The van der Waals surface area contributed by atoms with Crippen molar-refractivity contribution in [2.75, 3.05) is 39.4 Å². The molecule has 7 heteroatoms. The average molecular weight is 377 g/mol. The lowest BCUT2D eigenvalue weighted by Crippen LogP contribution is -2.49. The lowest BCUT2D eigenvalue weighted by molar-refractivity contribution is -0.132. The normalized spacial score (nSPS) is 20.6. The van der Waals surface area contributed by atoms with Crippen LogP contribution in [-0.2, 0) is 22.4 Å². The van der Waals surface area contributed by atoms with Gasteiger partial charge in [-0.3, -0.25) is 14.5 Å². The largest absolute Gasteiger partial charge is 0.379 e. The van der Waals surface area contributed by atoms with E-state index in [1.807, 2.05) is 18.7 Å². The van der Waals surface area contributed by atoms with Crippen LogP contribution < -0.4 is 5.56 Å². The maximum absolute atomic E-state index is 12.7. The van der Waals surface area contributed by atoms with Crippen molar-refractivity contribution in [3.63, 3.8) is 0 Å². The van der Waals surface area contributed by atoms with Crippen LogP contribution in [0.4, 0.5) is 0 Å². The first-order valence-corrected chi connectivity index (χ1v) is 10.2. The lowest BCUT2D eigenvalue weighted by atomic mass is 9.89. The van der Waals surface area contributed by atoms with Crippen LogP contribution in [0, 0.1) is 12.8 Å². The molecule has 7 nitrogen and oxygen atoms in total. The zero-order valence-electron chi connectivity index (χ0n) is 16.8. The number of H-pyrrole nitrogens is 1. The number of nitrogens with one attached hydrogen (secondary N) is 1. The predicted molar refractivity (Wildman–Crippen MR) is 104 cm³/mol. The summed E-state index contributed by atoms with van der Waals surface area (Å²) in [6.45, 7) is 11.3. The Hall–Kier alpha value is -1.73. The number of hydrogen-bond donors (Lipinski definition) is 1. The second kappa shape index (κ2) is 8.97. The van der Waals surface area contributed by atoms with E-state index in [0.717, 1.165) is 52.2 Å². The summed E-state index contributed by atoms with van der Waals surface area (Å²) in [5.74, 6) is 1.32. The molecule has 0 aromatic carbocycles. The van der Waals surface area contributed by atoms with Gasteiger partial charge in [-0.2, -0.15) is 0 Å². The molecule has 2 saturated heterocycles. The van der Waals surface area contributed by atoms with E-state index in [4.69, 9.17) is 4.74 Å². The van der Waals surface area contributed by atoms with E-state index in [-0.39, 0.29) is 17.9 Å². The lowest BCUT2D eigenvalue weighted by Gasteiger charge is -2.41. The SMILES string of the molecule is CCc1nc(C)c(CC(=O)N2CCC(C(C)N3CCOCC3)CC2)c(=O)[nH]1. The van der Waals surface area contributed by atoms with Crippen LogP contribution in [0.3, 0.4) is 0 Å². The van der Waals surface area contributed by atoms with Gasteiger partial charge in [0.05, 0.1) is 19.6 Å². The van der Waals surface area contributed by atoms with Gasteiger partial charge in [-0.1, -0.05) is 6.92 Å². The molecule has 1 atom stereocenters. The van der Waals surface area contributed by atoms with Gasteiger partial charge in [-0.25, -0.2) is 4.98 Å². The molecule has 1 amide bonds. The van der Waals surface area contributed by atoms with Crippen molar-refractivity contribution in [2.45, 2.75) is 52.5 Å². The van der Waals surface area contributed by atoms with E-state index in [9.17, 15) is 9.59 Å². The summed E-state index contributed by atoms with van der Waals surface area (Å²) in [5.41, 5.74) is 0.990. The molecule has 0 aliphatic carbocycles. The van der Waals surface area contributed by atoms with Gasteiger partial charge in [-0.15, -0.1) is 0 Å². The molecule has 2 fully saturated rings. The first-order valence-electron chi connectivity index (χ1n) is 10.2.